The second kappa shape index (κ2) is 4.69. The minimum Gasteiger partial charge on any atom is -0.399 e. The molecule has 2 heterocycles. The number of aromatic nitrogens is 3. The number of nitrogen functional groups attached to an aromatic ring is 1. The quantitative estimate of drug-likeness (QED) is 0.623. The predicted octanol–water partition coefficient (Wildman–Crippen LogP) is 1.37. The van der Waals surface area contributed by atoms with Crippen LogP contribution in [-0.2, 0) is 6.54 Å². The van der Waals surface area contributed by atoms with Crippen LogP contribution >= 0.6 is 0 Å². The Labute approximate surface area is 114 Å². The summed E-state index contributed by atoms with van der Waals surface area (Å²) in [5.41, 5.74) is 8.15. The lowest BCUT2D eigenvalue weighted by Crippen LogP contribution is -2.23. The van der Waals surface area contributed by atoms with Gasteiger partial charge in [-0.15, -0.1) is 0 Å². The topological polar surface area (TPSA) is 110 Å². The molecule has 0 radical (unpaired) electrons. The maximum Gasteiger partial charge on any atom is 0.272 e. The molecule has 3 aromatic rings. The molecule has 7 heteroatoms. The molecule has 1 aromatic carbocycles. The van der Waals surface area contributed by atoms with Crippen LogP contribution in [0, 0.1) is 6.92 Å². The molecule has 0 spiro atoms. The molecule has 0 saturated heterocycles. The standard InChI is InChI=1S/C13H13N5O2/c1-7-4-9(20-18-7)6-15-13(19)12-10-5-8(14)2-3-11(10)16-17-12/h2-5H,6,14H2,1H3,(H,15,19)(H,16,17). The fourth-order valence-corrected chi connectivity index (χ4v) is 1.96. The van der Waals surface area contributed by atoms with Crippen LogP contribution in [0.2, 0.25) is 0 Å². The van der Waals surface area contributed by atoms with E-state index in [4.69, 9.17) is 10.3 Å². The van der Waals surface area contributed by atoms with Crippen molar-refractivity contribution in [3.8, 4) is 0 Å². The van der Waals surface area contributed by atoms with E-state index in [0.717, 1.165) is 11.2 Å². The molecule has 0 aliphatic rings. The minimum absolute atomic E-state index is 0.260. The summed E-state index contributed by atoms with van der Waals surface area (Å²) in [6.07, 6.45) is 0. The van der Waals surface area contributed by atoms with Gasteiger partial charge in [0, 0.05) is 17.1 Å². The van der Waals surface area contributed by atoms with Gasteiger partial charge in [0.2, 0.25) is 0 Å². The van der Waals surface area contributed by atoms with E-state index in [9.17, 15) is 4.79 Å². The summed E-state index contributed by atoms with van der Waals surface area (Å²) in [5.74, 6) is 0.297. The van der Waals surface area contributed by atoms with Crippen LogP contribution in [0.3, 0.4) is 0 Å². The van der Waals surface area contributed by atoms with E-state index in [1.807, 2.05) is 6.92 Å². The van der Waals surface area contributed by atoms with Gasteiger partial charge in [-0.3, -0.25) is 9.89 Å². The number of carbonyl (C=O) groups excluding carboxylic acids is 1. The van der Waals surface area contributed by atoms with Crippen molar-refractivity contribution in [2.75, 3.05) is 5.73 Å². The molecule has 0 fully saturated rings. The van der Waals surface area contributed by atoms with E-state index in [1.54, 1.807) is 24.3 Å². The number of H-pyrrole nitrogens is 1. The first kappa shape index (κ1) is 12.2. The van der Waals surface area contributed by atoms with Gasteiger partial charge in [0.15, 0.2) is 11.5 Å². The Bertz CT molecular complexity index is 774. The number of carbonyl (C=O) groups is 1. The highest BCUT2D eigenvalue weighted by molar-refractivity contribution is 6.05. The van der Waals surface area contributed by atoms with Gasteiger partial charge in [0.1, 0.15) is 0 Å². The summed E-state index contributed by atoms with van der Waals surface area (Å²) in [6.45, 7) is 2.08. The first-order chi connectivity index (χ1) is 9.63. The molecule has 3 rings (SSSR count). The molecule has 2 aromatic heterocycles. The molecule has 7 nitrogen and oxygen atoms in total. The number of aryl methyl sites for hydroxylation is 1. The highest BCUT2D eigenvalue weighted by atomic mass is 16.5. The van der Waals surface area contributed by atoms with Gasteiger partial charge in [0.25, 0.3) is 5.91 Å². The fraction of sp³-hybridized carbons (Fsp3) is 0.154. The maximum absolute atomic E-state index is 12.1. The summed E-state index contributed by atoms with van der Waals surface area (Å²) < 4.78 is 5.03. The molecule has 102 valence electrons. The molecule has 0 bridgehead atoms. The Balaban J connectivity index is 1.80. The molecule has 0 unspecified atom stereocenters. The van der Waals surface area contributed by atoms with Crippen LogP contribution in [0.5, 0.6) is 0 Å². The molecule has 0 aliphatic carbocycles. The molecule has 0 saturated carbocycles. The Morgan fingerprint density at radius 3 is 3.05 bits per heavy atom. The van der Waals surface area contributed by atoms with Crippen LogP contribution in [-0.4, -0.2) is 21.3 Å². The van der Waals surface area contributed by atoms with Crippen molar-refractivity contribution in [3.05, 3.63) is 41.4 Å². The minimum atomic E-state index is -0.295. The SMILES string of the molecule is Cc1cc(CNC(=O)c2n[nH]c3ccc(N)cc23)on1. The normalized spacial score (nSPS) is 10.8. The lowest BCUT2D eigenvalue weighted by molar-refractivity contribution is 0.0943. The van der Waals surface area contributed by atoms with Gasteiger partial charge >= 0.3 is 0 Å². The number of amides is 1. The second-order valence-corrected chi connectivity index (χ2v) is 4.49. The first-order valence-electron chi connectivity index (χ1n) is 6.07. The summed E-state index contributed by atoms with van der Waals surface area (Å²) in [4.78, 5) is 12.1. The largest absolute Gasteiger partial charge is 0.399 e. The molecular weight excluding hydrogens is 258 g/mol. The number of nitrogens with two attached hydrogens (primary N) is 1. The van der Waals surface area contributed by atoms with Crippen LogP contribution in [0.4, 0.5) is 5.69 Å². The van der Waals surface area contributed by atoms with Crippen LogP contribution in [0.15, 0.2) is 28.8 Å². The number of aromatic amines is 1. The highest BCUT2D eigenvalue weighted by Gasteiger charge is 2.14. The zero-order valence-corrected chi connectivity index (χ0v) is 10.8. The third kappa shape index (κ3) is 2.20. The molecule has 0 aliphatic heterocycles. The number of fused-ring (bicyclic) bond motifs is 1. The molecule has 0 atom stereocenters. The predicted molar refractivity (Wildman–Crippen MR) is 72.9 cm³/mol. The van der Waals surface area contributed by atoms with Crippen molar-refractivity contribution >= 4 is 22.5 Å². The third-order valence-corrected chi connectivity index (χ3v) is 2.90. The van der Waals surface area contributed by atoms with Gasteiger partial charge in [-0.2, -0.15) is 5.10 Å². The van der Waals surface area contributed by atoms with Gasteiger partial charge < -0.3 is 15.6 Å². The number of nitrogens with one attached hydrogen (secondary N) is 2. The zero-order chi connectivity index (χ0) is 14.1. The van der Waals surface area contributed by atoms with Crippen LogP contribution in [0.25, 0.3) is 10.9 Å². The smallest absolute Gasteiger partial charge is 0.272 e. The van der Waals surface area contributed by atoms with E-state index in [1.165, 1.54) is 0 Å². The highest BCUT2D eigenvalue weighted by Crippen LogP contribution is 2.18. The Morgan fingerprint density at radius 2 is 2.30 bits per heavy atom. The average molecular weight is 271 g/mol. The summed E-state index contributed by atoms with van der Waals surface area (Å²) in [7, 11) is 0. The summed E-state index contributed by atoms with van der Waals surface area (Å²) in [5, 5.41) is 14.0. The maximum atomic E-state index is 12.1. The first-order valence-corrected chi connectivity index (χ1v) is 6.07. The Morgan fingerprint density at radius 1 is 1.45 bits per heavy atom. The second-order valence-electron chi connectivity index (χ2n) is 4.49. The van der Waals surface area contributed by atoms with E-state index in [2.05, 4.69) is 20.7 Å². The monoisotopic (exact) mass is 271 g/mol. The average Bonchev–Trinajstić information content (AvgIpc) is 3.02. The summed E-state index contributed by atoms with van der Waals surface area (Å²) in [6, 6.07) is 7.01. The third-order valence-electron chi connectivity index (χ3n) is 2.90. The molecule has 4 N–H and O–H groups in total. The van der Waals surface area contributed by atoms with Crippen molar-refractivity contribution in [1.29, 1.82) is 0 Å². The van der Waals surface area contributed by atoms with Crippen molar-refractivity contribution in [1.82, 2.24) is 20.7 Å². The molecular formula is C13H13N5O2. The number of hydrogen-bond acceptors (Lipinski definition) is 5. The van der Waals surface area contributed by atoms with Gasteiger partial charge in [-0.05, 0) is 25.1 Å². The van der Waals surface area contributed by atoms with Crippen molar-refractivity contribution in [2.24, 2.45) is 0 Å². The zero-order valence-electron chi connectivity index (χ0n) is 10.8. The summed E-state index contributed by atoms with van der Waals surface area (Å²) >= 11 is 0. The number of nitrogens with zero attached hydrogens (tertiary/aromatic N) is 2. The molecule has 1 amide bonds. The number of hydrogen-bond donors (Lipinski definition) is 3. The van der Waals surface area contributed by atoms with Gasteiger partial charge in [-0.1, -0.05) is 5.16 Å². The van der Waals surface area contributed by atoms with E-state index in [0.29, 0.717) is 22.5 Å². The number of benzene rings is 1. The number of rotatable bonds is 3. The lowest BCUT2D eigenvalue weighted by atomic mass is 10.2. The van der Waals surface area contributed by atoms with Gasteiger partial charge in [0.05, 0.1) is 17.8 Å². The Hall–Kier alpha value is -2.83. The van der Waals surface area contributed by atoms with Gasteiger partial charge in [-0.25, -0.2) is 0 Å². The Kier molecular flexibility index (Phi) is 2.86. The molecule has 20 heavy (non-hydrogen) atoms. The van der Waals surface area contributed by atoms with Crippen molar-refractivity contribution in [2.45, 2.75) is 13.5 Å². The van der Waals surface area contributed by atoms with Crippen LogP contribution < -0.4 is 11.1 Å². The van der Waals surface area contributed by atoms with E-state index < -0.39 is 0 Å². The van der Waals surface area contributed by atoms with E-state index >= 15 is 0 Å². The lowest BCUT2D eigenvalue weighted by Gasteiger charge is -2.00. The van der Waals surface area contributed by atoms with Crippen molar-refractivity contribution in [3.63, 3.8) is 0 Å². The van der Waals surface area contributed by atoms with Crippen LogP contribution in [0.1, 0.15) is 21.9 Å². The number of anilines is 1. The van der Waals surface area contributed by atoms with E-state index in [-0.39, 0.29) is 12.5 Å². The van der Waals surface area contributed by atoms with Crippen molar-refractivity contribution < 1.29 is 9.32 Å². The fourth-order valence-electron chi connectivity index (χ4n) is 1.96.